The number of benzene rings is 1. The smallest absolute Gasteiger partial charge is 0.254 e. The fourth-order valence-corrected chi connectivity index (χ4v) is 2.09. The molecule has 0 aliphatic heterocycles. The molecule has 1 aliphatic rings. The molecule has 0 saturated heterocycles. The third-order valence-electron chi connectivity index (χ3n) is 3.40. The summed E-state index contributed by atoms with van der Waals surface area (Å²) < 4.78 is 13.8. The number of nitrogens with one attached hydrogen (secondary N) is 1. The number of halogens is 1. The molecular weight excluding hydrogens is 245 g/mol. The van der Waals surface area contributed by atoms with Crippen LogP contribution in [0.15, 0.2) is 18.2 Å². The van der Waals surface area contributed by atoms with Gasteiger partial charge in [-0.3, -0.25) is 4.79 Å². The first-order valence-corrected chi connectivity index (χ1v) is 6.26. The van der Waals surface area contributed by atoms with Crippen molar-refractivity contribution in [3.8, 4) is 11.8 Å². The van der Waals surface area contributed by atoms with Crippen LogP contribution in [0.25, 0.3) is 0 Å². The summed E-state index contributed by atoms with van der Waals surface area (Å²) in [6.45, 7) is 1.69. The molecule has 1 aromatic rings. The maximum atomic E-state index is 13.8. The zero-order chi connectivity index (χ0) is 13.9. The molecular formula is C15H16FNO2. The van der Waals surface area contributed by atoms with Gasteiger partial charge in [0.1, 0.15) is 12.4 Å². The molecule has 2 N–H and O–H groups in total. The third-order valence-corrected chi connectivity index (χ3v) is 3.40. The summed E-state index contributed by atoms with van der Waals surface area (Å²) in [4.78, 5) is 12.0. The van der Waals surface area contributed by atoms with E-state index in [1.165, 1.54) is 12.1 Å². The monoisotopic (exact) mass is 261 g/mol. The summed E-state index contributed by atoms with van der Waals surface area (Å²) in [5, 5.41) is 11.4. The van der Waals surface area contributed by atoms with Crippen LogP contribution in [0.1, 0.15) is 42.1 Å². The summed E-state index contributed by atoms with van der Waals surface area (Å²) in [6, 6.07) is 4.21. The van der Waals surface area contributed by atoms with E-state index in [1.807, 2.05) is 6.92 Å². The summed E-state index contributed by atoms with van der Waals surface area (Å²) in [7, 11) is 0. The predicted molar refractivity (Wildman–Crippen MR) is 70.1 cm³/mol. The SMILES string of the molecule is CC1(NC(=O)c2ccc(C#CCO)cc2F)CCC1. The lowest BCUT2D eigenvalue weighted by Gasteiger charge is -2.39. The molecule has 0 bridgehead atoms. The van der Waals surface area contributed by atoms with Gasteiger partial charge in [0.2, 0.25) is 0 Å². The molecule has 0 unspecified atom stereocenters. The molecule has 0 spiro atoms. The lowest BCUT2D eigenvalue weighted by atomic mass is 9.78. The van der Waals surface area contributed by atoms with Gasteiger partial charge in [0.25, 0.3) is 5.91 Å². The van der Waals surface area contributed by atoms with E-state index in [1.54, 1.807) is 6.07 Å². The Morgan fingerprint density at radius 2 is 2.26 bits per heavy atom. The standard InChI is InChI=1S/C15H16FNO2/c1-15(7-3-8-15)17-14(19)12-6-5-11(4-2-9-18)10-13(12)16/h5-6,10,18H,3,7-9H2,1H3,(H,17,19). The minimum Gasteiger partial charge on any atom is -0.384 e. The van der Waals surface area contributed by atoms with E-state index in [9.17, 15) is 9.18 Å². The van der Waals surface area contributed by atoms with Crippen LogP contribution < -0.4 is 5.32 Å². The minimum atomic E-state index is -0.592. The molecule has 0 heterocycles. The fourth-order valence-electron chi connectivity index (χ4n) is 2.09. The zero-order valence-electron chi connectivity index (χ0n) is 10.8. The highest BCUT2D eigenvalue weighted by molar-refractivity contribution is 5.95. The van der Waals surface area contributed by atoms with Crippen LogP contribution in [0.5, 0.6) is 0 Å². The van der Waals surface area contributed by atoms with Crippen molar-refractivity contribution >= 4 is 5.91 Å². The Labute approximate surface area is 111 Å². The molecule has 1 aliphatic carbocycles. The number of amides is 1. The number of carbonyl (C=O) groups excluding carboxylic acids is 1. The normalized spacial score (nSPS) is 15.9. The van der Waals surface area contributed by atoms with E-state index in [4.69, 9.17) is 5.11 Å². The molecule has 1 saturated carbocycles. The highest BCUT2D eigenvalue weighted by atomic mass is 19.1. The van der Waals surface area contributed by atoms with Gasteiger partial charge in [-0.25, -0.2) is 4.39 Å². The average molecular weight is 261 g/mol. The van der Waals surface area contributed by atoms with Crippen molar-refractivity contribution in [2.24, 2.45) is 0 Å². The van der Waals surface area contributed by atoms with Gasteiger partial charge in [0.05, 0.1) is 5.56 Å². The maximum Gasteiger partial charge on any atom is 0.254 e. The van der Waals surface area contributed by atoms with Crippen molar-refractivity contribution in [2.45, 2.75) is 31.7 Å². The van der Waals surface area contributed by atoms with Crippen molar-refractivity contribution in [3.05, 3.63) is 35.1 Å². The number of aliphatic hydroxyl groups excluding tert-OH is 1. The van der Waals surface area contributed by atoms with E-state index >= 15 is 0 Å². The van der Waals surface area contributed by atoms with Gasteiger partial charge >= 0.3 is 0 Å². The molecule has 3 nitrogen and oxygen atoms in total. The van der Waals surface area contributed by atoms with E-state index < -0.39 is 5.82 Å². The molecule has 19 heavy (non-hydrogen) atoms. The predicted octanol–water partition coefficient (Wildman–Crippen LogP) is 1.84. The molecule has 2 rings (SSSR count). The summed E-state index contributed by atoms with van der Waals surface area (Å²) in [6.07, 6.45) is 2.95. The third kappa shape index (κ3) is 3.12. The van der Waals surface area contributed by atoms with Crippen LogP contribution in [0.3, 0.4) is 0 Å². The first-order valence-electron chi connectivity index (χ1n) is 6.26. The van der Waals surface area contributed by atoms with Crippen molar-refractivity contribution in [2.75, 3.05) is 6.61 Å². The van der Waals surface area contributed by atoms with E-state index in [-0.39, 0.29) is 23.6 Å². The summed E-state index contributed by atoms with van der Waals surface area (Å²) in [5.74, 6) is 4.06. The summed E-state index contributed by atoms with van der Waals surface area (Å²) in [5.41, 5.74) is 0.277. The van der Waals surface area contributed by atoms with Gasteiger partial charge in [0.15, 0.2) is 0 Å². The van der Waals surface area contributed by atoms with Crippen molar-refractivity contribution in [1.29, 1.82) is 0 Å². The molecule has 0 radical (unpaired) electrons. The van der Waals surface area contributed by atoms with Crippen LogP contribution >= 0.6 is 0 Å². The highest BCUT2D eigenvalue weighted by Gasteiger charge is 2.33. The first kappa shape index (κ1) is 13.6. The van der Waals surface area contributed by atoms with Crippen LogP contribution in [0, 0.1) is 17.7 Å². The largest absolute Gasteiger partial charge is 0.384 e. The van der Waals surface area contributed by atoms with E-state index in [2.05, 4.69) is 17.2 Å². The quantitative estimate of drug-likeness (QED) is 0.798. The molecule has 1 fully saturated rings. The number of rotatable bonds is 2. The first-order chi connectivity index (χ1) is 9.04. The van der Waals surface area contributed by atoms with Crippen LogP contribution in [0.4, 0.5) is 4.39 Å². The Morgan fingerprint density at radius 1 is 1.53 bits per heavy atom. The minimum absolute atomic E-state index is 0.0303. The van der Waals surface area contributed by atoms with Crippen LogP contribution in [-0.4, -0.2) is 23.2 Å². The molecule has 0 aromatic heterocycles. The van der Waals surface area contributed by atoms with Gasteiger partial charge in [-0.05, 0) is 44.4 Å². The number of hydrogen-bond donors (Lipinski definition) is 2. The van der Waals surface area contributed by atoms with Gasteiger partial charge < -0.3 is 10.4 Å². The molecule has 4 heteroatoms. The lowest BCUT2D eigenvalue weighted by Crippen LogP contribution is -2.51. The second-order valence-corrected chi connectivity index (χ2v) is 5.02. The Balaban J connectivity index is 2.14. The van der Waals surface area contributed by atoms with Crippen LogP contribution in [-0.2, 0) is 0 Å². The number of carbonyl (C=O) groups is 1. The zero-order valence-corrected chi connectivity index (χ0v) is 10.8. The van der Waals surface area contributed by atoms with E-state index in [0.29, 0.717) is 5.56 Å². The fraction of sp³-hybridized carbons (Fsp3) is 0.400. The molecule has 100 valence electrons. The number of hydrogen-bond acceptors (Lipinski definition) is 2. The van der Waals surface area contributed by atoms with Gasteiger partial charge in [-0.2, -0.15) is 0 Å². The topological polar surface area (TPSA) is 49.3 Å². The highest BCUT2D eigenvalue weighted by Crippen LogP contribution is 2.31. The van der Waals surface area contributed by atoms with Crippen LogP contribution in [0.2, 0.25) is 0 Å². The van der Waals surface area contributed by atoms with E-state index in [0.717, 1.165) is 19.3 Å². The second-order valence-electron chi connectivity index (χ2n) is 5.02. The molecule has 1 amide bonds. The Hall–Kier alpha value is -1.86. The van der Waals surface area contributed by atoms with Crippen molar-refractivity contribution < 1.29 is 14.3 Å². The summed E-state index contributed by atoms with van der Waals surface area (Å²) >= 11 is 0. The molecule has 0 atom stereocenters. The average Bonchev–Trinajstić information content (AvgIpc) is 2.34. The van der Waals surface area contributed by atoms with Gasteiger partial charge in [-0.1, -0.05) is 11.8 Å². The maximum absolute atomic E-state index is 13.8. The molecule has 1 aromatic carbocycles. The van der Waals surface area contributed by atoms with Gasteiger partial charge in [-0.15, -0.1) is 0 Å². The Kier molecular flexibility index (Phi) is 3.87. The lowest BCUT2D eigenvalue weighted by molar-refractivity contribution is 0.0846. The van der Waals surface area contributed by atoms with Crippen molar-refractivity contribution in [3.63, 3.8) is 0 Å². The van der Waals surface area contributed by atoms with Crippen molar-refractivity contribution in [1.82, 2.24) is 5.32 Å². The Bertz CT molecular complexity index is 553. The number of aliphatic hydroxyl groups is 1. The van der Waals surface area contributed by atoms with Gasteiger partial charge in [0, 0.05) is 11.1 Å². The Morgan fingerprint density at radius 3 is 2.79 bits per heavy atom. The second kappa shape index (κ2) is 5.41.